The van der Waals surface area contributed by atoms with Gasteiger partial charge in [0.05, 0.1) is 37.1 Å². The van der Waals surface area contributed by atoms with Gasteiger partial charge in [0.15, 0.2) is 0 Å². The molecule has 0 aliphatic carbocycles. The lowest BCUT2D eigenvalue weighted by molar-refractivity contribution is -0.139. The Morgan fingerprint density at radius 1 is 1.05 bits per heavy atom. The van der Waals surface area contributed by atoms with Gasteiger partial charge in [0.2, 0.25) is 5.16 Å². The van der Waals surface area contributed by atoms with E-state index >= 15 is 0 Å². The number of tetrazole rings is 1. The molecule has 0 unspecified atom stereocenters. The van der Waals surface area contributed by atoms with Crippen molar-refractivity contribution in [2.24, 2.45) is 0 Å². The van der Waals surface area contributed by atoms with Gasteiger partial charge >= 0.3 is 12.0 Å². The summed E-state index contributed by atoms with van der Waals surface area (Å²) in [5, 5.41) is 18.1. The number of esters is 1. The first-order valence-electron chi connectivity index (χ1n) is 11.9. The fourth-order valence-electron chi connectivity index (χ4n) is 3.85. The number of hydrogen-bond acceptors (Lipinski definition) is 9. The van der Waals surface area contributed by atoms with Gasteiger partial charge in [0.25, 0.3) is 0 Å². The molecule has 0 spiro atoms. The molecule has 2 aromatic carbocycles. The molecule has 11 nitrogen and oxygen atoms in total. The summed E-state index contributed by atoms with van der Waals surface area (Å²) in [6, 6.07) is 13.5. The molecule has 2 amide bonds. The van der Waals surface area contributed by atoms with Gasteiger partial charge in [0, 0.05) is 17.0 Å². The molecule has 1 aromatic heterocycles. The van der Waals surface area contributed by atoms with Crippen molar-refractivity contribution in [2.75, 3.05) is 25.6 Å². The summed E-state index contributed by atoms with van der Waals surface area (Å²) in [5.74, 6) is 0.776. The highest BCUT2D eigenvalue weighted by Crippen LogP contribution is 2.37. The first-order valence-corrected chi connectivity index (χ1v) is 12.9. The maximum absolute atomic E-state index is 13.2. The summed E-state index contributed by atoms with van der Waals surface area (Å²) in [5.41, 5.74) is 2.03. The van der Waals surface area contributed by atoms with Crippen LogP contribution in [0.3, 0.4) is 0 Å². The number of benzene rings is 2. The number of para-hydroxylation sites is 1. The molecule has 4 rings (SSSR count). The van der Waals surface area contributed by atoms with E-state index in [0.29, 0.717) is 41.1 Å². The summed E-state index contributed by atoms with van der Waals surface area (Å²) in [4.78, 5) is 26.0. The van der Waals surface area contributed by atoms with Crippen molar-refractivity contribution in [1.29, 1.82) is 0 Å². The normalized spacial score (nSPS) is 15.1. The van der Waals surface area contributed by atoms with Crippen LogP contribution in [0.4, 0.5) is 4.79 Å². The van der Waals surface area contributed by atoms with Crippen molar-refractivity contribution < 1.29 is 23.8 Å². The molecule has 0 radical (unpaired) electrons. The third-order valence-electron chi connectivity index (χ3n) is 5.34. The molecule has 12 heteroatoms. The molecule has 2 N–H and O–H groups in total. The third-order valence-corrected chi connectivity index (χ3v) is 6.29. The van der Waals surface area contributed by atoms with Crippen molar-refractivity contribution in [3.63, 3.8) is 0 Å². The number of nitrogens with zero attached hydrogens (tertiary/aromatic N) is 4. The van der Waals surface area contributed by atoms with E-state index in [0.717, 1.165) is 5.69 Å². The number of amides is 2. The Morgan fingerprint density at radius 3 is 2.57 bits per heavy atom. The Morgan fingerprint density at radius 2 is 1.84 bits per heavy atom. The maximum Gasteiger partial charge on any atom is 0.338 e. The molecular formula is C25H28N6O5S. The number of urea groups is 1. The van der Waals surface area contributed by atoms with Gasteiger partial charge in [-0.1, -0.05) is 30.0 Å². The molecule has 2 heterocycles. The molecule has 0 bridgehead atoms. The van der Waals surface area contributed by atoms with Crippen molar-refractivity contribution in [1.82, 2.24) is 30.8 Å². The Balaban J connectivity index is 1.74. The topological polar surface area (TPSA) is 129 Å². The lowest BCUT2D eigenvalue weighted by Crippen LogP contribution is -2.46. The van der Waals surface area contributed by atoms with Crippen LogP contribution >= 0.6 is 11.8 Å². The van der Waals surface area contributed by atoms with Crippen LogP contribution in [0.25, 0.3) is 5.69 Å². The number of carbonyl (C=O) groups is 2. The zero-order valence-corrected chi connectivity index (χ0v) is 21.6. The van der Waals surface area contributed by atoms with E-state index in [-0.39, 0.29) is 17.9 Å². The van der Waals surface area contributed by atoms with Crippen LogP contribution < -0.4 is 20.1 Å². The number of thioether (sulfide) groups is 1. The zero-order chi connectivity index (χ0) is 26.2. The van der Waals surface area contributed by atoms with Crippen LogP contribution in [0.1, 0.15) is 32.4 Å². The molecule has 1 aliphatic heterocycles. The zero-order valence-electron chi connectivity index (χ0n) is 20.8. The van der Waals surface area contributed by atoms with E-state index in [2.05, 4.69) is 26.2 Å². The molecule has 3 aromatic rings. The third kappa shape index (κ3) is 6.02. The standard InChI is InChI=1S/C25H28N6O5S/c1-4-34-17-12-13-20(35-5-2)18(14-17)22-21(23(32)36-6-3)19(26-24(33)27-22)15-37-25-28-29-30-31(25)16-10-8-7-9-11-16/h7-14,22H,4-6,15H2,1-3H3,(H2,26,27,33)/t22-/m0/s1. The number of nitrogens with one attached hydrogen (secondary N) is 2. The minimum absolute atomic E-state index is 0.174. The number of ether oxygens (including phenoxy) is 3. The Hall–Kier alpha value is -4.06. The molecular weight excluding hydrogens is 496 g/mol. The van der Waals surface area contributed by atoms with Gasteiger partial charge in [-0.15, -0.1) is 5.10 Å². The Labute approximate surface area is 218 Å². The van der Waals surface area contributed by atoms with Gasteiger partial charge in [-0.3, -0.25) is 0 Å². The van der Waals surface area contributed by atoms with Crippen molar-refractivity contribution >= 4 is 23.8 Å². The second-order valence-corrected chi connectivity index (χ2v) is 8.65. The Bertz CT molecular complexity index is 1280. The molecule has 1 aliphatic rings. The highest BCUT2D eigenvalue weighted by molar-refractivity contribution is 7.99. The SMILES string of the molecule is CCOC(=O)C1=C(CSc2nnnn2-c2ccccc2)NC(=O)N[C@H]1c1cc(OCC)ccc1OCC. The first kappa shape index (κ1) is 26.0. The van der Waals surface area contributed by atoms with Crippen molar-refractivity contribution in [3.8, 4) is 17.2 Å². The molecule has 37 heavy (non-hydrogen) atoms. The van der Waals surface area contributed by atoms with Crippen LogP contribution in [0, 0.1) is 0 Å². The smallest absolute Gasteiger partial charge is 0.338 e. The average Bonchev–Trinajstić information content (AvgIpc) is 3.37. The monoisotopic (exact) mass is 524 g/mol. The van der Waals surface area contributed by atoms with E-state index < -0.39 is 18.0 Å². The van der Waals surface area contributed by atoms with E-state index in [1.165, 1.54) is 11.8 Å². The summed E-state index contributed by atoms with van der Waals surface area (Å²) < 4.78 is 18.5. The molecule has 0 saturated heterocycles. The number of aromatic nitrogens is 4. The lowest BCUT2D eigenvalue weighted by atomic mass is 9.94. The maximum atomic E-state index is 13.2. The van der Waals surface area contributed by atoms with E-state index in [4.69, 9.17) is 14.2 Å². The lowest BCUT2D eigenvalue weighted by Gasteiger charge is -2.30. The summed E-state index contributed by atoms with van der Waals surface area (Å²) in [6.07, 6.45) is 0. The molecule has 0 fully saturated rings. The second kappa shape index (κ2) is 12.3. The number of rotatable bonds is 11. The molecule has 1 atom stereocenters. The van der Waals surface area contributed by atoms with Crippen LogP contribution in [0.15, 0.2) is 65.0 Å². The predicted octanol–water partition coefficient (Wildman–Crippen LogP) is 3.42. The highest BCUT2D eigenvalue weighted by atomic mass is 32.2. The molecule has 194 valence electrons. The summed E-state index contributed by atoms with van der Waals surface area (Å²) in [7, 11) is 0. The van der Waals surface area contributed by atoms with Gasteiger partial charge < -0.3 is 24.8 Å². The van der Waals surface area contributed by atoms with Crippen LogP contribution in [0.5, 0.6) is 11.5 Å². The average molecular weight is 525 g/mol. The Kier molecular flexibility index (Phi) is 8.62. The van der Waals surface area contributed by atoms with E-state index in [1.807, 2.05) is 44.2 Å². The number of carbonyl (C=O) groups excluding carboxylic acids is 2. The summed E-state index contributed by atoms with van der Waals surface area (Å²) >= 11 is 1.28. The van der Waals surface area contributed by atoms with Gasteiger partial charge in [-0.25, -0.2) is 9.59 Å². The van der Waals surface area contributed by atoms with Gasteiger partial charge in [-0.05, 0) is 61.5 Å². The molecule has 0 saturated carbocycles. The van der Waals surface area contributed by atoms with Crippen LogP contribution in [0.2, 0.25) is 0 Å². The minimum atomic E-state index is -0.824. The first-order chi connectivity index (χ1) is 18.0. The minimum Gasteiger partial charge on any atom is -0.494 e. The van der Waals surface area contributed by atoms with Gasteiger partial charge in [0.1, 0.15) is 11.5 Å². The highest BCUT2D eigenvalue weighted by Gasteiger charge is 2.36. The van der Waals surface area contributed by atoms with Crippen molar-refractivity contribution in [2.45, 2.75) is 32.0 Å². The number of hydrogen-bond donors (Lipinski definition) is 2. The second-order valence-electron chi connectivity index (χ2n) is 7.71. The van der Waals surface area contributed by atoms with E-state index in [1.54, 1.807) is 29.8 Å². The van der Waals surface area contributed by atoms with Gasteiger partial charge in [-0.2, -0.15) is 4.68 Å². The van der Waals surface area contributed by atoms with Crippen LogP contribution in [-0.2, 0) is 9.53 Å². The van der Waals surface area contributed by atoms with Crippen LogP contribution in [-0.4, -0.2) is 57.8 Å². The predicted molar refractivity (Wildman–Crippen MR) is 137 cm³/mol. The quantitative estimate of drug-likeness (QED) is 0.286. The fourth-order valence-corrected chi connectivity index (χ4v) is 4.71. The summed E-state index contributed by atoms with van der Waals surface area (Å²) in [6.45, 7) is 6.51. The van der Waals surface area contributed by atoms with Crippen molar-refractivity contribution in [3.05, 3.63) is 65.4 Å². The fraction of sp³-hybridized carbons (Fsp3) is 0.320. The van der Waals surface area contributed by atoms with E-state index in [9.17, 15) is 9.59 Å². The largest absolute Gasteiger partial charge is 0.494 e.